The Morgan fingerprint density at radius 3 is 2.55 bits per heavy atom. The number of hydrogen-bond acceptors (Lipinski definition) is 5. The summed E-state index contributed by atoms with van der Waals surface area (Å²) in [5.74, 6) is 0.602. The van der Waals surface area contributed by atoms with E-state index in [1.807, 2.05) is 30.3 Å². The third-order valence-electron chi connectivity index (χ3n) is 6.32. The van der Waals surface area contributed by atoms with Gasteiger partial charge >= 0.3 is 0 Å². The Balaban J connectivity index is 1.42. The summed E-state index contributed by atoms with van der Waals surface area (Å²) in [6, 6.07) is 20.9. The molecular formula is C24H26N2O3. The molecule has 5 heteroatoms. The van der Waals surface area contributed by atoms with Crippen LogP contribution in [0.15, 0.2) is 60.7 Å². The normalized spacial score (nSPS) is 27.1. The minimum absolute atomic E-state index is 0.206. The Morgan fingerprint density at radius 2 is 1.83 bits per heavy atom. The van der Waals surface area contributed by atoms with E-state index in [0.29, 0.717) is 31.9 Å². The number of fused-ring (bicyclic) bond motifs is 3. The second kappa shape index (κ2) is 7.41. The number of methoxy groups -OCH3 is 1. The highest BCUT2D eigenvalue weighted by molar-refractivity contribution is 5.80. The van der Waals surface area contributed by atoms with Gasteiger partial charge < -0.3 is 14.6 Å². The molecule has 0 amide bonds. The number of pyridine rings is 1. The van der Waals surface area contributed by atoms with Crippen LogP contribution >= 0.6 is 0 Å². The van der Waals surface area contributed by atoms with E-state index in [2.05, 4.69) is 40.2 Å². The van der Waals surface area contributed by atoms with Crippen molar-refractivity contribution >= 4 is 10.9 Å². The largest absolute Gasteiger partial charge is 0.481 e. The fourth-order valence-corrected chi connectivity index (χ4v) is 4.84. The number of aliphatic hydroxyl groups is 1. The second-order valence-electron chi connectivity index (χ2n) is 8.20. The van der Waals surface area contributed by atoms with Gasteiger partial charge in [0.25, 0.3) is 0 Å². The minimum Gasteiger partial charge on any atom is -0.481 e. The number of ether oxygens (including phenoxy) is 2. The van der Waals surface area contributed by atoms with E-state index in [9.17, 15) is 5.11 Å². The van der Waals surface area contributed by atoms with Gasteiger partial charge in [-0.25, -0.2) is 4.98 Å². The summed E-state index contributed by atoms with van der Waals surface area (Å²) < 4.78 is 11.1. The quantitative estimate of drug-likeness (QED) is 0.739. The summed E-state index contributed by atoms with van der Waals surface area (Å²) in [6.07, 6.45) is 1.34. The second-order valence-corrected chi connectivity index (χ2v) is 8.20. The molecule has 3 aromatic rings. The van der Waals surface area contributed by atoms with Crippen molar-refractivity contribution in [3.63, 3.8) is 0 Å². The van der Waals surface area contributed by atoms with Crippen molar-refractivity contribution in [2.75, 3.05) is 20.3 Å². The van der Waals surface area contributed by atoms with Crippen LogP contribution in [0.5, 0.6) is 5.88 Å². The Hall–Kier alpha value is -2.47. The molecule has 2 unspecified atom stereocenters. The van der Waals surface area contributed by atoms with Crippen LogP contribution in [0.4, 0.5) is 0 Å². The first-order chi connectivity index (χ1) is 14.1. The standard InChI is InChI=1S/C24H26N2O3/c1-28-23-10-7-18-11-19(8-9-22(18)25-23)24(27)12-20-15-29-16-21(13-24)26(20)14-17-5-3-2-4-6-17/h2-11,20-21,27H,12-16H2,1H3. The van der Waals surface area contributed by atoms with Gasteiger partial charge in [-0.05, 0) is 42.2 Å². The van der Waals surface area contributed by atoms with Gasteiger partial charge in [-0.1, -0.05) is 36.4 Å². The van der Waals surface area contributed by atoms with Crippen LogP contribution in [-0.2, 0) is 16.9 Å². The molecule has 0 radical (unpaired) electrons. The molecule has 29 heavy (non-hydrogen) atoms. The molecule has 5 nitrogen and oxygen atoms in total. The van der Waals surface area contributed by atoms with Crippen molar-refractivity contribution < 1.29 is 14.6 Å². The molecule has 1 aromatic heterocycles. The number of piperidine rings is 1. The Morgan fingerprint density at radius 1 is 1.07 bits per heavy atom. The van der Waals surface area contributed by atoms with E-state index in [1.54, 1.807) is 7.11 Å². The average molecular weight is 390 g/mol. The predicted octanol–water partition coefficient (Wildman–Crippen LogP) is 3.49. The van der Waals surface area contributed by atoms with Gasteiger partial charge in [-0.3, -0.25) is 4.90 Å². The number of nitrogens with zero attached hydrogens (tertiary/aromatic N) is 2. The fourth-order valence-electron chi connectivity index (χ4n) is 4.84. The predicted molar refractivity (Wildman–Crippen MR) is 112 cm³/mol. The molecule has 2 bridgehead atoms. The van der Waals surface area contributed by atoms with Gasteiger partial charge in [0.05, 0.1) is 31.4 Å². The molecule has 2 atom stereocenters. The number of hydrogen-bond donors (Lipinski definition) is 1. The first-order valence-electron chi connectivity index (χ1n) is 10.2. The van der Waals surface area contributed by atoms with Crippen LogP contribution < -0.4 is 4.74 Å². The number of aromatic nitrogens is 1. The molecule has 2 aliphatic rings. The highest BCUT2D eigenvalue weighted by atomic mass is 16.5. The van der Waals surface area contributed by atoms with E-state index < -0.39 is 5.60 Å². The van der Waals surface area contributed by atoms with Crippen molar-refractivity contribution in [3.05, 3.63) is 71.8 Å². The zero-order valence-corrected chi connectivity index (χ0v) is 16.6. The topological polar surface area (TPSA) is 54.8 Å². The van der Waals surface area contributed by atoms with Gasteiger partial charge in [0.1, 0.15) is 0 Å². The number of rotatable bonds is 4. The summed E-state index contributed by atoms with van der Waals surface area (Å²) in [5.41, 5.74) is 2.30. The zero-order chi connectivity index (χ0) is 19.8. The van der Waals surface area contributed by atoms with Crippen LogP contribution in [0.3, 0.4) is 0 Å². The molecule has 2 saturated heterocycles. The molecule has 0 spiro atoms. The number of benzene rings is 2. The van der Waals surface area contributed by atoms with E-state index in [-0.39, 0.29) is 12.1 Å². The molecule has 2 fully saturated rings. The number of morpholine rings is 1. The first kappa shape index (κ1) is 18.6. The van der Waals surface area contributed by atoms with Crippen molar-refractivity contribution in [3.8, 4) is 5.88 Å². The van der Waals surface area contributed by atoms with Crippen molar-refractivity contribution in [1.29, 1.82) is 0 Å². The molecule has 3 heterocycles. The van der Waals surface area contributed by atoms with E-state index in [0.717, 1.165) is 23.0 Å². The van der Waals surface area contributed by atoms with Gasteiger partial charge in [0.15, 0.2) is 0 Å². The maximum absolute atomic E-state index is 11.7. The summed E-state index contributed by atoms with van der Waals surface area (Å²) in [4.78, 5) is 7.00. The fraction of sp³-hybridized carbons (Fsp3) is 0.375. The van der Waals surface area contributed by atoms with E-state index in [4.69, 9.17) is 9.47 Å². The molecule has 1 N–H and O–H groups in total. The molecule has 2 aliphatic heterocycles. The lowest BCUT2D eigenvalue weighted by molar-refractivity contribution is -0.149. The molecule has 5 rings (SSSR count). The maximum Gasteiger partial charge on any atom is 0.213 e. The van der Waals surface area contributed by atoms with Crippen molar-refractivity contribution in [1.82, 2.24) is 9.88 Å². The van der Waals surface area contributed by atoms with Gasteiger partial charge in [-0.15, -0.1) is 0 Å². The lowest BCUT2D eigenvalue weighted by Crippen LogP contribution is -2.60. The highest BCUT2D eigenvalue weighted by Gasteiger charge is 2.46. The average Bonchev–Trinajstić information content (AvgIpc) is 2.74. The maximum atomic E-state index is 11.7. The van der Waals surface area contributed by atoms with E-state index in [1.165, 1.54) is 5.56 Å². The van der Waals surface area contributed by atoms with Crippen LogP contribution in [0.25, 0.3) is 10.9 Å². The Kier molecular flexibility index (Phi) is 4.74. The van der Waals surface area contributed by atoms with Crippen molar-refractivity contribution in [2.24, 2.45) is 0 Å². The van der Waals surface area contributed by atoms with Gasteiger partial charge in [-0.2, -0.15) is 0 Å². The molecular weight excluding hydrogens is 364 g/mol. The third kappa shape index (κ3) is 3.50. The zero-order valence-electron chi connectivity index (χ0n) is 16.6. The van der Waals surface area contributed by atoms with Crippen LogP contribution in [0, 0.1) is 0 Å². The lowest BCUT2D eigenvalue weighted by Gasteiger charge is -2.52. The molecule has 0 saturated carbocycles. The Bertz CT molecular complexity index is 993. The molecule has 2 aromatic carbocycles. The summed E-state index contributed by atoms with van der Waals surface area (Å²) in [5, 5.41) is 12.7. The third-order valence-corrected chi connectivity index (χ3v) is 6.32. The Labute approximate surface area is 170 Å². The lowest BCUT2D eigenvalue weighted by atomic mass is 9.76. The smallest absolute Gasteiger partial charge is 0.213 e. The monoisotopic (exact) mass is 390 g/mol. The SMILES string of the molecule is COc1ccc2cc(C3(O)CC4COCC(C3)N4Cc3ccccc3)ccc2n1. The summed E-state index contributed by atoms with van der Waals surface area (Å²) in [6.45, 7) is 2.23. The van der Waals surface area contributed by atoms with Gasteiger partial charge in [0, 0.05) is 30.1 Å². The van der Waals surface area contributed by atoms with Crippen LogP contribution in [0.1, 0.15) is 24.0 Å². The van der Waals surface area contributed by atoms with Crippen LogP contribution in [0.2, 0.25) is 0 Å². The molecule has 0 aliphatic carbocycles. The first-order valence-corrected chi connectivity index (χ1v) is 10.2. The van der Waals surface area contributed by atoms with Crippen LogP contribution in [-0.4, -0.2) is 47.4 Å². The molecule has 150 valence electrons. The van der Waals surface area contributed by atoms with Gasteiger partial charge in [0.2, 0.25) is 5.88 Å². The summed E-state index contributed by atoms with van der Waals surface area (Å²) >= 11 is 0. The summed E-state index contributed by atoms with van der Waals surface area (Å²) in [7, 11) is 1.62. The van der Waals surface area contributed by atoms with E-state index >= 15 is 0 Å². The van der Waals surface area contributed by atoms with Crippen molar-refractivity contribution in [2.45, 2.75) is 37.1 Å². The minimum atomic E-state index is -0.847. The highest BCUT2D eigenvalue weighted by Crippen LogP contribution is 2.42.